The Morgan fingerprint density at radius 3 is 2.58 bits per heavy atom. The molecule has 134 valence electrons. The molecule has 1 heterocycles. The van der Waals surface area contributed by atoms with E-state index in [0.717, 1.165) is 17.5 Å². The van der Waals surface area contributed by atoms with Gasteiger partial charge in [0, 0.05) is 19.0 Å². The number of aromatic hydroxyl groups is 2. The second-order valence-corrected chi connectivity index (χ2v) is 6.66. The highest BCUT2D eigenvalue weighted by Crippen LogP contribution is 2.26. The largest absolute Gasteiger partial charge is 0.508 e. The van der Waals surface area contributed by atoms with Crippen LogP contribution in [-0.2, 0) is 13.0 Å². The van der Waals surface area contributed by atoms with Crippen LogP contribution in [0.2, 0.25) is 0 Å². The van der Waals surface area contributed by atoms with Crippen molar-refractivity contribution in [2.24, 2.45) is 0 Å². The van der Waals surface area contributed by atoms with E-state index in [1.165, 1.54) is 23.9 Å². The van der Waals surface area contributed by atoms with E-state index in [4.69, 9.17) is 0 Å². The fraction of sp³-hybridized carbons (Fsp3) is 0.211. The first-order valence-corrected chi connectivity index (χ1v) is 9.21. The Kier molecular flexibility index (Phi) is 5.58. The van der Waals surface area contributed by atoms with Gasteiger partial charge in [-0.15, -0.1) is 10.2 Å². The molecule has 0 aliphatic heterocycles. The highest BCUT2D eigenvalue weighted by Gasteiger charge is 2.16. The third-order valence-electron chi connectivity index (χ3n) is 3.93. The molecule has 0 amide bonds. The topological polar surface area (TPSA) is 88.2 Å². The number of carbonyl (C=O) groups is 1. The van der Waals surface area contributed by atoms with E-state index in [-0.39, 0.29) is 28.6 Å². The zero-order valence-corrected chi connectivity index (χ0v) is 15.1. The molecule has 2 aromatic carbocycles. The van der Waals surface area contributed by atoms with Crippen molar-refractivity contribution in [1.29, 1.82) is 0 Å². The van der Waals surface area contributed by atoms with Crippen molar-refractivity contribution < 1.29 is 15.0 Å². The van der Waals surface area contributed by atoms with Gasteiger partial charge in [0.25, 0.3) is 0 Å². The molecule has 0 radical (unpaired) electrons. The Bertz CT molecular complexity index is 910. The average Bonchev–Trinajstić information content (AvgIpc) is 3.02. The summed E-state index contributed by atoms with van der Waals surface area (Å²) in [6.45, 7) is 2.71. The van der Waals surface area contributed by atoms with Gasteiger partial charge >= 0.3 is 0 Å². The summed E-state index contributed by atoms with van der Waals surface area (Å²) in [6.07, 6.45) is 0.676. The molecule has 0 fully saturated rings. The van der Waals surface area contributed by atoms with E-state index in [1.807, 2.05) is 41.8 Å². The van der Waals surface area contributed by atoms with Crippen molar-refractivity contribution in [3.05, 3.63) is 65.5 Å². The summed E-state index contributed by atoms with van der Waals surface area (Å²) >= 11 is 1.29. The zero-order valence-electron chi connectivity index (χ0n) is 14.3. The highest BCUT2D eigenvalue weighted by molar-refractivity contribution is 7.99. The van der Waals surface area contributed by atoms with Crippen LogP contribution in [0.3, 0.4) is 0 Å². The number of phenols is 2. The van der Waals surface area contributed by atoms with Gasteiger partial charge in [0.1, 0.15) is 17.3 Å². The second-order valence-electron chi connectivity index (χ2n) is 5.72. The first-order chi connectivity index (χ1) is 12.6. The van der Waals surface area contributed by atoms with Gasteiger partial charge in [-0.2, -0.15) is 0 Å². The minimum absolute atomic E-state index is 0.0806. The van der Waals surface area contributed by atoms with Crippen LogP contribution in [0, 0.1) is 0 Å². The first-order valence-electron chi connectivity index (χ1n) is 8.22. The lowest BCUT2D eigenvalue weighted by Gasteiger charge is -2.08. The maximum absolute atomic E-state index is 12.3. The normalized spacial score (nSPS) is 10.8. The lowest BCUT2D eigenvalue weighted by molar-refractivity contribution is 0.102. The quantitative estimate of drug-likeness (QED) is 0.491. The molecule has 0 bridgehead atoms. The molecule has 0 atom stereocenters. The van der Waals surface area contributed by atoms with Gasteiger partial charge in [0.2, 0.25) is 0 Å². The van der Waals surface area contributed by atoms with Crippen molar-refractivity contribution in [1.82, 2.24) is 14.8 Å². The van der Waals surface area contributed by atoms with Crippen LogP contribution in [0.4, 0.5) is 0 Å². The number of hydrogen-bond acceptors (Lipinski definition) is 6. The number of hydrogen-bond donors (Lipinski definition) is 2. The number of rotatable bonds is 7. The van der Waals surface area contributed by atoms with Gasteiger partial charge in [-0.3, -0.25) is 4.79 Å². The molecule has 6 nitrogen and oxygen atoms in total. The number of carbonyl (C=O) groups excluding carboxylic acids is 1. The van der Waals surface area contributed by atoms with E-state index in [2.05, 4.69) is 10.2 Å². The SMILES string of the molecule is CCn1c(Cc2ccccc2)nnc1SCC(=O)c1ccc(O)cc1O. The second kappa shape index (κ2) is 8.05. The van der Waals surface area contributed by atoms with Crippen LogP contribution in [0.1, 0.15) is 28.7 Å². The van der Waals surface area contributed by atoms with E-state index in [9.17, 15) is 15.0 Å². The third kappa shape index (κ3) is 4.05. The Morgan fingerprint density at radius 2 is 1.88 bits per heavy atom. The summed E-state index contributed by atoms with van der Waals surface area (Å²) in [6, 6.07) is 14.0. The average molecular weight is 369 g/mol. The molecule has 0 aliphatic carbocycles. The van der Waals surface area contributed by atoms with Gasteiger partial charge < -0.3 is 14.8 Å². The van der Waals surface area contributed by atoms with E-state index in [0.29, 0.717) is 18.1 Å². The van der Waals surface area contributed by atoms with Gasteiger partial charge in [0.15, 0.2) is 10.9 Å². The molecule has 1 aromatic heterocycles. The van der Waals surface area contributed by atoms with Crippen LogP contribution in [-0.4, -0.2) is 36.5 Å². The predicted molar refractivity (Wildman–Crippen MR) is 99.8 cm³/mol. The van der Waals surface area contributed by atoms with Crippen molar-refractivity contribution in [3.63, 3.8) is 0 Å². The summed E-state index contributed by atoms with van der Waals surface area (Å²) in [5, 5.41) is 28.3. The summed E-state index contributed by atoms with van der Waals surface area (Å²) in [4.78, 5) is 12.3. The summed E-state index contributed by atoms with van der Waals surface area (Å²) in [5.74, 6) is 0.436. The van der Waals surface area contributed by atoms with Gasteiger partial charge in [-0.25, -0.2) is 0 Å². The van der Waals surface area contributed by atoms with Crippen LogP contribution in [0.5, 0.6) is 11.5 Å². The summed E-state index contributed by atoms with van der Waals surface area (Å²) in [5.41, 5.74) is 1.33. The van der Waals surface area contributed by atoms with Crippen molar-refractivity contribution >= 4 is 17.5 Å². The first kappa shape index (κ1) is 18.0. The maximum Gasteiger partial charge on any atom is 0.191 e. The number of ketones is 1. The molecule has 0 unspecified atom stereocenters. The zero-order chi connectivity index (χ0) is 18.5. The maximum atomic E-state index is 12.3. The molecule has 26 heavy (non-hydrogen) atoms. The van der Waals surface area contributed by atoms with Crippen LogP contribution >= 0.6 is 11.8 Å². The molecule has 3 rings (SSSR count). The predicted octanol–water partition coefficient (Wildman–Crippen LogP) is 3.28. The lowest BCUT2D eigenvalue weighted by atomic mass is 10.1. The van der Waals surface area contributed by atoms with Crippen LogP contribution < -0.4 is 0 Å². The smallest absolute Gasteiger partial charge is 0.191 e. The number of phenolic OH excluding ortho intramolecular Hbond substituents is 2. The number of Topliss-reactive ketones (excluding diaryl/α,β-unsaturated/α-hetero) is 1. The Balaban J connectivity index is 1.71. The fourth-order valence-electron chi connectivity index (χ4n) is 2.62. The van der Waals surface area contributed by atoms with Crippen molar-refractivity contribution in [2.45, 2.75) is 25.0 Å². The van der Waals surface area contributed by atoms with Crippen molar-refractivity contribution in [3.8, 4) is 11.5 Å². The van der Waals surface area contributed by atoms with Gasteiger partial charge in [-0.1, -0.05) is 42.1 Å². The molecule has 0 aliphatic rings. The Morgan fingerprint density at radius 1 is 1.12 bits per heavy atom. The standard InChI is InChI=1S/C19H19N3O3S/c1-2-22-18(10-13-6-4-3-5-7-13)20-21-19(22)26-12-17(25)15-9-8-14(23)11-16(15)24/h3-9,11,23-24H,2,10,12H2,1H3. The number of aromatic nitrogens is 3. The molecule has 0 spiro atoms. The molecule has 0 saturated carbocycles. The van der Waals surface area contributed by atoms with E-state index < -0.39 is 0 Å². The monoisotopic (exact) mass is 369 g/mol. The Hall–Kier alpha value is -2.80. The lowest BCUT2D eigenvalue weighted by Crippen LogP contribution is -2.07. The molecule has 2 N–H and O–H groups in total. The van der Waals surface area contributed by atoms with Crippen LogP contribution in [0.25, 0.3) is 0 Å². The van der Waals surface area contributed by atoms with Gasteiger partial charge in [0.05, 0.1) is 11.3 Å². The fourth-order valence-corrected chi connectivity index (χ4v) is 3.52. The van der Waals surface area contributed by atoms with Gasteiger partial charge in [-0.05, 0) is 24.6 Å². The Labute approximate surface area is 155 Å². The number of nitrogens with zero attached hydrogens (tertiary/aromatic N) is 3. The third-order valence-corrected chi connectivity index (χ3v) is 4.90. The number of benzene rings is 2. The van der Waals surface area contributed by atoms with Crippen LogP contribution in [0.15, 0.2) is 53.7 Å². The molecule has 7 heteroatoms. The minimum atomic E-state index is -0.234. The molecule has 0 saturated heterocycles. The molecule has 3 aromatic rings. The summed E-state index contributed by atoms with van der Waals surface area (Å²) in [7, 11) is 0. The molecular weight excluding hydrogens is 350 g/mol. The number of thioether (sulfide) groups is 1. The van der Waals surface area contributed by atoms with Crippen molar-refractivity contribution in [2.75, 3.05) is 5.75 Å². The van der Waals surface area contributed by atoms with E-state index >= 15 is 0 Å². The highest BCUT2D eigenvalue weighted by atomic mass is 32.2. The molecular formula is C19H19N3O3S. The van der Waals surface area contributed by atoms with E-state index in [1.54, 1.807) is 0 Å². The minimum Gasteiger partial charge on any atom is -0.508 e. The summed E-state index contributed by atoms with van der Waals surface area (Å²) < 4.78 is 1.99.